The average Bonchev–Trinajstić information content (AvgIpc) is 3.25. The van der Waals surface area contributed by atoms with Crippen LogP contribution in [0.2, 0.25) is 0 Å². The number of hydrogen-bond donors (Lipinski definition) is 0. The first-order valence-electron chi connectivity index (χ1n) is 11.3. The molecule has 1 aliphatic rings. The van der Waals surface area contributed by atoms with Crippen molar-refractivity contribution in [1.29, 1.82) is 0 Å². The van der Waals surface area contributed by atoms with E-state index in [1.807, 2.05) is 30.0 Å². The largest absolute Gasteiger partial charge is 0.479 e. The molecular formula is C26H30N2O2S. The molecule has 1 unspecified atom stereocenters. The number of anilines is 1. The fourth-order valence-corrected chi connectivity index (χ4v) is 4.80. The number of hydrogen-bond acceptors (Lipinski definition) is 4. The number of fused-ring (bicyclic) bond motifs is 1. The topological polar surface area (TPSA) is 42.4 Å². The maximum Gasteiger partial charge on any atom is 0.267 e. The van der Waals surface area contributed by atoms with E-state index >= 15 is 0 Å². The molecule has 162 valence electrons. The monoisotopic (exact) mass is 434 g/mol. The van der Waals surface area contributed by atoms with E-state index in [0.29, 0.717) is 0 Å². The van der Waals surface area contributed by atoms with Gasteiger partial charge in [-0.15, -0.1) is 11.3 Å². The molecule has 0 N–H and O–H groups in total. The van der Waals surface area contributed by atoms with E-state index in [0.717, 1.165) is 53.5 Å². The summed E-state index contributed by atoms with van der Waals surface area (Å²) in [7, 11) is 0. The predicted molar refractivity (Wildman–Crippen MR) is 128 cm³/mol. The van der Waals surface area contributed by atoms with Gasteiger partial charge < -0.3 is 9.64 Å². The summed E-state index contributed by atoms with van der Waals surface area (Å²) in [4.78, 5) is 19.6. The molecule has 1 aromatic heterocycles. The molecule has 0 fully saturated rings. The normalized spacial score (nSPS) is 15.6. The van der Waals surface area contributed by atoms with Crippen molar-refractivity contribution < 1.29 is 9.53 Å². The predicted octanol–water partition coefficient (Wildman–Crippen LogP) is 6.49. The third-order valence-electron chi connectivity index (χ3n) is 5.70. The van der Waals surface area contributed by atoms with E-state index in [1.165, 1.54) is 24.8 Å². The number of benzene rings is 2. The standard InChI is InChI=1S/C26H30N2O2S/c1-3-4-5-6-10-15-28-23-17-21(13-14-24(23)30-19(2)26(28)29)22-18-31-25(27-22)16-20-11-8-7-9-12-20/h7-9,11-14,17-19H,3-6,10,15-16H2,1-2H3. The third kappa shape index (κ3) is 5.16. The molecule has 4 nitrogen and oxygen atoms in total. The fraction of sp³-hybridized carbons (Fsp3) is 0.385. The molecule has 1 amide bonds. The van der Waals surface area contributed by atoms with Gasteiger partial charge in [-0.05, 0) is 37.1 Å². The van der Waals surface area contributed by atoms with E-state index in [2.05, 4.69) is 42.6 Å². The van der Waals surface area contributed by atoms with Crippen molar-refractivity contribution in [1.82, 2.24) is 4.98 Å². The maximum absolute atomic E-state index is 12.9. The average molecular weight is 435 g/mol. The van der Waals surface area contributed by atoms with Crippen molar-refractivity contribution >= 4 is 22.9 Å². The van der Waals surface area contributed by atoms with Crippen LogP contribution < -0.4 is 9.64 Å². The molecule has 0 radical (unpaired) electrons. The van der Waals surface area contributed by atoms with E-state index in [1.54, 1.807) is 11.3 Å². The Hall–Kier alpha value is -2.66. The first-order valence-corrected chi connectivity index (χ1v) is 12.1. The molecule has 2 aromatic carbocycles. The highest BCUT2D eigenvalue weighted by atomic mass is 32.1. The molecule has 31 heavy (non-hydrogen) atoms. The van der Waals surface area contributed by atoms with Crippen molar-refractivity contribution in [3.05, 3.63) is 64.5 Å². The van der Waals surface area contributed by atoms with Crippen LogP contribution in [-0.4, -0.2) is 23.5 Å². The Bertz CT molecular complexity index is 1020. The summed E-state index contributed by atoms with van der Waals surface area (Å²) in [5, 5.41) is 3.19. The van der Waals surface area contributed by atoms with Gasteiger partial charge in [-0.1, -0.05) is 62.9 Å². The molecular weight excluding hydrogens is 404 g/mol. The Morgan fingerprint density at radius 2 is 1.87 bits per heavy atom. The molecule has 3 aromatic rings. The number of thiazole rings is 1. The van der Waals surface area contributed by atoms with Crippen molar-refractivity contribution in [2.75, 3.05) is 11.4 Å². The maximum atomic E-state index is 12.9. The highest BCUT2D eigenvalue weighted by Crippen LogP contribution is 2.38. The smallest absolute Gasteiger partial charge is 0.267 e. The van der Waals surface area contributed by atoms with Gasteiger partial charge in [0.25, 0.3) is 5.91 Å². The molecule has 0 saturated heterocycles. The number of amides is 1. The lowest BCUT2D eigenvalue weighted by Crippen LogP contribution is -2.44. The zero-order valence-electron chi connectivity index (χ0n) is 18.3. The van der Waals surface area contributed by atoms with Gasteiger partial charge in [-0.3, -0.25) is 4.79 Å². The van der Waals surface area contributed by atoms with Gasteiger partial charge in [0.05, 0.1) is 16.4 Å². The second-order valence-electron chi connectivity index (χ2n) is 8.14. The molecule has 1 aliphatic heterocycles. The lowest BCUT2D eigenvalue weighted by molar-refractivity contribution is -0.125. The lowest BCUT2D eigenvalue weighted by atomic mass is 10.1. The van der Waals surface area contributed by atoms with E-state index in [4.69, 9.17) is 9.72 Å². The Labute approximate surface area is 188 Å². The van der Waals surface area contributed by atoms with Gasteiger partial charge in [0.1, 0.15) is 5.75 Å². The van der Waals surface area contributed by atoms with Gasteiger partial charge in [0.2, 0.25) is 0 Å². The highest BCUT2D eigenvalue weighted by molar-refractivity contribution is 7.10. The quantitative estimate of drug-likeness (QED) is 0.362. The number of rotatable bonds is 9. The Morgan fingerprint density at radius 3 is 2.68 bits per heavy atom. The first kappa shape index (κ1) is 21.6. The van der Waals surface area contributed by atoms with Crippen LogP contribution in [0.1, 0.15) is 56.5 Å². The van der Waals surface area contributed by atoms with E-state index < -0.39 is 6.10 Å². The zero-order chi connectivity index (χ0) is 21.6. The molecule has 5 heteroatoms. The minimum Gasteiger partial charge on any atom is -0.479 e. The third-order valence-corrected chi connectivity index (χ3v) is 6.55. The van der Waals surface area contributed by atoms with Crippen LogP contribution in [0, 0.1) is 0 Å². The molecule has 1 atom stereocenters. The molecule has 2 heterocycles. The number of unbranched alkanes of at least 4 members (excludes halogenated alkanes) is 4. The number of ether oxygens (including phenoxy) is 1. The van der Waals surface area contributed by atoms with Gasteiger partial charge in [-0.2, -0.15) is 0 Å². The Balaban J connectivity index is 1.53. The van der Waals surface area contributed by atoms with Crippen molar-refractivity contribution in [3.63, 3.8) is 0 Å². The summed E-state index contributed by atoms with van der Waals surface area (Å²) in [6.07, 6.45) is 6.26. The Morgan fingerprint density at radius 1 is 1.06 bits per heavy atom. The fourth-order valence-electron chi connectivity index (χ4n) is 3.97. The first-order chi connectivity index (χ1) is 15.2. The second-order valence-corrected chi connectivity index (χ2v) is 9.08. The van der Waals surface area contributed by atoms with Gasteiger partial charge in [0.15, 0.2) is 6.10 Å². The second kappa shape index (κ2) is 10.1. The zero-order valence-corrected chi connectivity index (χ0v) is 19.2. The summed E-state index contributed by atoms with van der Waals surface area (Å²) in [6, 6.07) is 16.5. The van der Waals surface area contributed by atoms with E-state index in [-0.39, 0.29) is 5.91 Å². The van der Waals surface area contributed by atoms with Crippen LogP contribution in [-0.2, 0) is 11.2 Å². The molecule has 0 saturated carbocycles. The van der Waals surface area contributed by atoms with Crippen molar-refractivity contribution in [3.8, 4) is 17.0 Å². The molecule has 4 rings (SSSR count). The van der Waals surface area contributed by atoms with Crippen LogP contribution in [0.25, 0.3) is 11.3 Å². The molecule has 0 aliphatic carbocycles. The summed E-state index contributed by atoms with van der Waals surface area (Å²) < 4.78 is 5.89. The van der Waals surface area contributed by atoms with Gasteiger partial charge in [-0.25, -0.2) is 4.98 Å². The number of carbonyl (C=O) groups excluding carboxylic acids is 1. The van der Waals surface area contributed by atoms with Crippen LogP contribution >= 0.6 is 11.3 Å². The van der Waals surface area contributed by atoms with Crippen LogP contribution in [0.4, 0.5) is 5.69 Å². The minimum atomic E-state index is -0.439. The van der Waals surface area contributed by atoms with Crippen LogP contribution in [0.5, 0.6) is 5.75 Å². The highest BCUT2D eigenvalue weighted by Gasteiger charge is 2.31. The Kier molecular flexibility index (Phi) is 7.03. The summed E-state index contributed by atoms with van der Waals surface area (Å²) >= 11 is 1.68. The molecule has 0 spiro atoms. The number of aromatic nitrogens is 1. The van der Waals surface area contributed by atoms with Gasteiger partial charge >= 0.3 is 0 Å². The van der Waals surface area contributed by atoms with Crippen molar-refractivity contribution in [2.45, 2.75) is 58.5 Å². The summed E-state index contributed by atoms with van der Waals surface area (Å²) in [5.41, 5.74) is 4.11. The summed E-state index contributed by atoms with van der Waals surface area (Å²) in [5.74, 6) is 0.826. The lowest BCUT2D eigenvalue weighted by Gasteiger charge is -2.33. The SMILES string of the molecule is CCCCCCCN1C(=O)C(C)Oc2ccc(-c3csc(Cc4ccccc4)n3)cc21. The van der Waals surface area contributed by atoms with E-state index in [9.17, 15) is 4.79 Å². The van der Waals surface area contributed by atoms with Crippen LogP contribution in [0.3, 0.4) is 0 Å². The molecule has 0 bridgehead atoms. The number of carbonyl (C=O) groups is 1. The number of nitrogens with zero attached hydrogens (tertiary/aromatic N) is 2. The van der Waals surface area contributed by atoms with Crippen LogP contribution in [0.15, 0.2) is 53.9 Å². The minimum absolute atomic E-state index is 0.0446. The van der Waals surface area contributed by atoms with Gasteiger partial charge in [0, 0.05) is 23.9 Å². The summed E-state index contributed by atoms with van der Waals surface area (Å²) in [6.45, 7) is 4.79. The van der Waals surface area contributed by atoms with Crippen molar-refractivity contribution in [2.24, 2.45) is 0 Å².